The van der Waals surface area contributed by atoms with E-state index in [9.17, 15) is 0 Å². The van der Waals surface area contributed by atoms with Crippen LogP contribution in [0.1, 0.15) is 31.7 Å². The average molecular weight is 279 g/mol. The fourth-order valence-electron chi connectivity index (χ4n) is 2.57. The first kappa shape index (κ1) is 13.3. The Morgan fingerprint density at radius 3 is 2.68 bits per heavy atom. The second-order valence-electron chi connectivity index (χ2n) is 6.28. The SMILES string of the molecule is CC1CC1CN(C)c1ccc(CNC2CC2)c(Cl)c1. The molecule has 2 atom stereocenters. The molecule has 0 heterocycles. The van der Waals surface area contributed by atoms with Crippen molar-refractivity contribution in [3.63, 3.8) is 0 Å². The molecular formula is C16H23ClN2. The van der Waals surface area contributed by atoms with E-state index in [1.165, 1.54) is 30.5 Å². The molecule has 2 fully saturated rings. The number of hydrogen-bond donors (Lipinski definition) is 1. The van der Waals surface area contributed by atoms with Crippen LogP contribution in [0.15, 0.2) is 18.2 Å². The Morgan fingerprint density at radius 1 is 1.37 bits per heavy atom. The highest BCUT2D eigenvalue weighted by Gasteiger charge is 2.33. The number of nitrogens with zero attached hydrogens (tertiary/aromatic N) is 1. The van der Waals surface area contributed by atoms with Crippen molar-refractivity contribution in [3.05, 3.63) is 28.8 Å². The molecule has 3 heteroatoms. The maximum Gasteiger partial charge on any atom is 0.0471 e. The highest BCUT2D eigenvalue weighted by atomic mass is 35.5. The molecule has 1 aromatic carbocycles. The minimum Gasteiger partial charge on any atom is -0.374 e. The van der Waals surface area contributed by atoms with Crippen molar-refractivity contribution in [3.8, 4) is 0 Å². The number of hydrogen-bond acceptors (Lipinski definition) is 2. The largest absolute Gasteiger partial charge is 0.374 e. The highest BCUT2D eigenvalue weighted by Crippen LogP contribution is 2.39. The first-order valence-corrected chi connectivity index (χ1v) is 7.74. The second-order valence-corrected chi connectivity index (χ2v) is 6.69. The standard InChI is InChI=1S/C16H23ClN2/c1-11-7-13(11)10-19(2)15-6-3-12(16(17)8-15)9-18-14-4-5-14/h3,6,8,11,13-14,18H,4-5,7,9-10H2,1-2H3. The summed E-state index contributed by atoms with van der Waals surface area (Å²) < 4.78 is 0. The minimum absolute atomic E-state index is 0.731. The molecule has 0 spiro atoms. The molecule has 2 unspecified atom stereocenters. The summed E-state index contributed by atoms with van der Waals surface area (Å²) in [6.07, 6.45) is 4.01. The van der Waals surface area contributed by atoms with E-state index in [4.69, 9.17) is 11.6 Å². The van der Waals surface area contributed by atoms with Gasteiger partial charge in [-0.05, 0) is 48.8 Å². The molecule has 0 aliphatic heterocycles. The van der Waals surface area contributed by atoms with Gasteiger partial charge in [0.05, 0.1) is 0 Å². The van der Waals surface area contributed by atoms with Crippen LogP contribution in [0.25, 0.3) is 0 Å². The van der Waals surface area contributed by atoms with Crippen molar-refractivity contribution in [2.75, 3.05) is 18.5 Å². The Balaban J connectivity index is 1.60. The summed E-state index contributed by atoms with van der Waals surface area (Å²) in [5, 5.41) is 4.40. The lowest BCUT2D eigenvalue weighted by Gasteiger charge is -2.20. The summed E-state index contributed by atoms with van der Waals surface area (Å²) in [5.41, 5.74) is 2.45. The zero-order chi connectivity index (χ0) is 13.4. The zero-order valence-electron chi connectivity index (χ0n) is 11.8. The third kappa shape index (κ3) is 3.43. The van der Waals surface area contributed by atoms with Crippen LogP contribution in [-0.4, -0.2) is 19.6 Å². The molecule has 0 amide bonds. The molecule has 104 valence electrons. The van der Waals surface area contributed by atoms with Crippen LogP contribution in [0.2, 0.25) is 5.02 Å². The van der Waals surface area contributed by atoms with Gasteiger partial charge in [0.25, 0.3) is 0 Å². The minimum atomic E-state index is 0.731. The van der Waals surface area contributed by atoms with Crippen molar-refractivity contribution in [2.45, 2.75) is 38.8 Å². The van der Waals surface area contributed by atoms with Gasteiger partial charge in [-0.1, -0.05) is 24.6 Å². The first-order valence-electron chi connectivity index (χ1n) is 7.36. The maximum absolute atomic E-state index is 6.39. The topological polar surface area (TPSA) is 15.3 Å². The number of anilines is 1. The molecule has 2 saturated carbocycles. The van der Waals surface area contributed by atoms with E-state index in [0.29, 0.717) is 0 Å². The lowest BCUT2D eigenvalue weighted by molar-refractivity contribution is 0.687. The zero-order valence-corrected chi connectivity index (χ0v) is 12.6. The van der Waals surface area contributed by atoms with Crippen LogP contribution in [0.3, 0.4) is 0 Å². The van der Waals surface area contributed by atoms with Crippen LogP contribution >= 0.6 is 11.6 Å². The van der Waals surface area contributed by atoms with E-state index in [1.807, 2.05) is 0 Å². The van der Waals surface area contributed by atoms with Gasteiger partial charge < -0.3 is 10.2 Å². The Hall–Kier alpha value is -0.730. The summed E-state index contributed by atoms with van der Waals surface area (Å²) in [5.74, 6) is 1.78. The van der Waals surface area contributed by atoms with E-state index in [-0.39, 0.29) is 0 Å². The van der Waals surface area contributed by atoms with Crippen molar-refractivity contribution >= 4 is 17.3 Å². The Bertz CT molecular complexity index is 456. The van der Waals surface area contributed by atoms with Crippen LogP contribution in [0.4, 0.5) is 5.69 Å². The molecule has 3 rings (SSSR count). The van der Waals surface area contributed by atoms with Crippen LogP contribution in [0, 0.1) is 11.8 Å². The number of nitrogens with one attached hydrogen (secondary N) is 1. The van der Waals surface area contributed by atoms with Gasteiger partial charge in [-0.15, -0.1) is 0 Å². The molecule has 19 heavy (non-hydrogen) atoms. The van der Waals surface area contributed by atoms with Crippen molar-refractivity contribution in [2.24, 2.45) is 11.8 Å². The third-order valence-corrected chi connectivity index (χ3v) is 4.77. The number of halogens is 1. The monoisotopic (exact) mass is 278 g/mol. The molecule has 0 bridgehead atoms. The number of rotatable bonds is 6. The van der Waals surface area contributed by atoms with Gasteiger partial charge in [-0.3, -0.25) is 0 Å². The highest BCUT2D eigenvalue weighted by molar-refractivity contribution is 6.31. The van der Waals surface area contributed by atoms with Gasteiger partial charge >= 0.3 is 0 Å². The molecule has 1 aromatic rings. The fraction of sp³-hybridized carbons (Fsp3) is 0.625. The summed E-state index contributed by atoms with van der Waals surface area (Å²) >= 11 is 6.39. The van der Waals surface area contributed by atoms with E-state index < -0.39 is 0 Å². The lowest BCUT2D eigenvalue weighted by Crippen LogP contribution is -2.21. The van der Waals surface area contributed by atoms with E-state index >= 15 is 0 Å². The molecule has 0 aromatic heterocycles. The lowest BCUT2D eigenvalue weighted by atomic mass is 10.2. The van der Waals surface area contributed by atoms with Crippen LogP contribution in [-0.2, 0) is 6.54 Å². The predicted molar refractivity (Wildman–Crippen MR) is 81.9 cm³/mol. The fourth-order valence-corrected chi connectivity index (χ4v) is 2.81. The number of benzene rings is 1. The van der Waals surface area contributed by atoms with E-state index in [2.05, 4.69) is 42.4 Å². The van der Waals surface area contributed by atoms with Gasteiger partial charge in [0.15, 0.2) is 0 Å². The summed E-state index contributed by atoms with van der Waals surface area (Å²) in [6.45, 7) is 4.38. The normalized spacial score (nSPS) is 25.4. The smallest absolute Gasteiger partial charge is 0.0471 e. The van der Waals surface area contributed by atoms with Gasteiger partial charge in [-0.25, -0.2) is 0 Å². The van der Waals surface area contributed by atoms with Crippen molar-refractivity contribution < 1.29 is 0 Å². The van der Waals surface area contributed by atoms with Gasteiger partial charge in [0, 0.05) is 36.9 Å². The van der Waals surface area contributed by atoms with Crippen molar-refractivity contribution in [1.82, 2.24) is 5.32 Å². The summed E-state index contributed by atoms with van der Waals surface area (Å²) in [7, 11) is 2.17. The maximum atomic E-state index is 6.39. The summed E-state index contributed by atoms with van der Waals surface area (Å²) in [6, 6.07) is 7.20. The van der Waals surface area contributed by atoms with E-state index in [1.54, 1.807) is 0 Å². The van der Waals surface area contributed by atoms with Gasteiger partial charge in [0.2, 0.25) is 0 Å². The third-order valence-electron chi connectivity index (χ3n) is 4.42. The van der Waals surface area contributed by atoms with Gasteiger partial charge in [0.1, 0.15) is 0 Å². The Kier molecular flexibility index (Phi) is 3.72. The molecule has 2 aliphatic rings. The molecule has 0 saturated heterocycles. The van der Waals surface area contributed by atoms with Crippen LogP contribution < -0.4 is 10.2 Å². The van der Waals surface area contributed by atoms with Crippen molar-refractivity contribution in [1.29, 1.82) is 0 Å². The quantitative estimate of drug-likeness (QED) is 0.854. The molecule has 0 radical (unpaired) electrons. The first-order chi connectivity index (χ1) is 9.13. The second kappa shape index (κ2) is 5.34. The Morgan fingerprint density at radius 2 is 2.11 bits per heavy atom. The van der Waals surface area contributed by atoms with Gasteiger partial charge in [-0.2, -0.15) is 0 Å². The molecular weight excluding hydrogens is 256 g/mol. The molecule has 2 nitrogen and oxygen atoms in total. The van der Waals surface area contributed by atoms with E-state index in [0.717, 1.165) is 36.0 Å². The Labute approximate surface area is 121 Å². The average Bonchev–Trinajstić information content (AvgIpc) is 3.28. The molecule has 1 N–H and O–H groups in total. The molecule has 2 aliphatic carbocycles. The van der Waals surface area contributed by atoms with Crippen LogP contribution in [0.5, 0.6) is 0 Å². The predicted octanol–water partition coefficient (Wildman–Crippen LogP) is 3.68. The summed E-state index contributed by atoms with van der Waals surface area (Å²) in [4.78, 5) is 2.33.